The van der Waals surface area contributed by atoms with Gasteiger partial charge in [-0.3, -0.25) is 4.79 Å². The first-order chi connectivity index (χ1) is 11.5. The van der Waals surface area contributed by atoms with Gasteiger partial charge in [-0.1, -0.05) is 13.3 Å². The van der Waals surface area contributed by atoms with Crippen LogP contribution >= 0.6 is 0 Å². The lowest BCUT2D eigenvalue weighted by atomic mass is 10.2. The number of hydrogen-bond acceptors (Lipinski definition) is 4. The van der Waals surface area contributed by atoms with Gasteiger partial charge < -0.3 is 10.1 Å². The van der Waals surface area contributed by atoms with Gasteiger partial charge >= 0.3 is 0 Å². The standard InChI is InChI=1S/C17H26N2O4S/c1-3-8-17(20)18-14-9-10-15(23-4-2)16(13-14)24(21,22)19-11-6-5-7-12-19/h9-10,13H,3-8,11-12H2,1-2H3,(H,18,20). The minimum absolute atomic E-state index is 0.122. The van der Waals surface area contributed by atoms with Crippen LogP contribution in [-0.4, -0.2) is 38.3 Å². The molecule has 1 heterocycles. The summed E-state index contributed by atoms with van der Waals surface area (Å²) in [6.07, 6.45) is 3.94. The van der Waals surface area contributed by atoms with E-state index in [1.54, 1.807) is 12.1 Å². The smallest absolute Gasteiger partial charge is 0.246 e. The number of rotatable bonds is 7. The summed E-state index contributed by atoms with van der Waals surface area (Å²) in [6.45, 7) is 5.17. The second-order valence-electron chi connectivity index (χ2n) is 5.86. The van der Waals surface area contributed by atoms with Gasteiger partial charge in [0.2, 0.25) is 15.9 Å². The molecule has 2 rings (SSSR count). The van der Waals surface area contributed by atoms with Gasteiger partial charge in [-0.25, -0.2) is 8.42 Å². The summed E-state index contributed by atoms with van der Waals surface area (Å²) < 4.78 is 33.0. The van der Waals surface area contributed by atoms with E-state index in [0.29, 0.717) is 37.6 Å². The van der Waals surface area contributed by atoms with Crippen molar-refractivity contribution in [1.29, 1.82) is 0 Å². The molecule has 0 bridgehead atoms. The Morgan fingerprint density at radius 1 is 1.21 bits per heavy atom. The lowest BCUT2D eigenvalue weighted by molar-refractivity contribution is -0.116. The highest BCUT2D eigenvalue weighted by Crippen LogP contribution is 2.31. The van der Waals surface area contributed by atoms with Gasteiger partial charge in [0.1, 0.15) is 10.6 Å². The number of anilines is 1. The summed E-state index contributed by atoms with van der Waals surface area (Å²) >= 11 is 0. The normalized spacial score (nSPS) is 15.9. The second kappa shape index (κ2) is 8.48. The number of hydrogen-bond donors (Lipinski definition) is 1. The molecule has 1 N–H and O–H groups in total. The molecule has 1 aliphatic rings. The van der Waals surface area contributed by atoms with E-state index < -0.39 is 10.0 Å². The summed E-state index contributed by atoms with van der Waals surface area (Å²) in [5, 5.41) is 2.75. The largest absolute Gasteiger partial charge is 0.492 e. The van der Waals surface area contributed by atoms with E-state index in [0.717, 1.165) is 25.7 Å². The maximum atomic E-state index is 13.0. The first-order valence-corrected chi connectivity index (χ1v) is 10.00. The summed E-state index contributed by atoms with van der Waals surface area (Å²) in [5.41, 5.74) is 0.479. The average molecular weight is 354 g/mol. The van der Waals surface area contributed by atoms with Crippen LogP contribution in [0.2, 0.25) is 0 Å². The van der Waals surface area contributed by atoms with Crippen molar-refractivity contribution in [2.75, 3.05) is 25.0 Å². The third-order valence-electron chi connectivity index (χ3n) is 3.94. The summed E-state index contributed by atoms with van der Waals surface area (Å²) in [7, 11) is -3.63. The van der Waals surface area contributed by atoms with Crippen molar-refractivity contribution in [2.24, 2.45) is 0 Å². The Kier molecular flexibility index (Phi) is 6.62. The molecule has 0 unspecified atom stereocenters. The fourth-order valence-corrected chi connectivity index (χ4v) is 4.43. The molecule has 1 saturated heterocycles. The molecular formula is C17H26N2O4S. The maximum Gasteiger partial charge on any atom is 0.246 e. The quantitative estimate of drug-likeness (QED) is 0.817. The molecule has 0 aromatic heterocycles. The maximum absolute atomic E-state index is 13.0. The van der Waals surface area contributed by atoms with Crippen LogP contribution in [0.5, 0.6) is 5.75 Å². The predicted molar refractivity (Wildman–Crippen MR) is 93.8 cm³/mol. The van der Waals surface area contributed by atoms with Gasteiger partial charge in [-0.2, -0.15) is 4.31 Å². The topological polar surface area (TPSA) is 75.7 Å². The van der Waals surface area contributed by atoms with E-state index in [-0.39, 0.29) is 10.8 Å². The fraction of sp³-hybridized carbons (Fsp3) is 0.588. The molecule has 1 aromatic carbocycles. The molecule has 134 valence electrons. The first kappa shape index (κ1) is 18.7. The van der Waals surface area contributed by atoms with Crippen molar-refractivity contribution >= 4 is 21.6 Å². The molecule has 1 fully saturated rings. The molecule has 0 radical (unpaired) electrons. The van der Waals surface area contributed by atoms with Gasteiger partial charge in [-0.05, 0) is 44.4 Å². The molecule has 7 heteroatoms. The van der Waals surface area contributed by atoms with Crippen LogP contribution in [0, 0.1) is 0 Å². The van der Waals surface area contributed by atoms with E-state index in [1.807, 2.05) is 13.8 Å². The van der Waals surface area contributed by atoms with Crippen LogP contribution in [0.1, 0.15) is 46.0 Å². The van der Waals surface area contributed by atoms with Crippen molar-refractivity contribution in [2.45, 2.75) is 50.8 Å². The Balaban J connectivity index is 2.35. The number of carbonyl (C=O) groups excluding carboxylic acids is 1. The monoisotopic (exact) mass is 354 g/mol. The lowest BCUT2D eigenvalue weighted by Crippen LogP contribution is -2.35. The Morgan fingerprint density at radius 2 is 1.92 bits per heavy atom. The van der Waals surface area contributed by atoms with Crippen LogP contribution in [0.25, 0.3) is 0 Å². The number of nitrogens with one attached hydrogen (secondary N) is 1. The minimum Gasteiger partial charge on any atom is -0.492 e. The average Bonchev–Trinajstić information content (AvgIpc) is 2.57. The Hall–Kier alpha value is -1.60. The molecular weight excluding hydrogens is 328 g/mol. The molecule has 24 heavy (non-hydrogen) atoms. The van der Waals surface area contributed by atoms with E-state index >= 15 is 0 Å². The summed E-state index contributed by atoms with van der Waals surface area (Å²) in [5.74, 6) is 0.208. The van der Waals surface area contributed by atoms with Gasteiger partial charge in [0, 0.05) is 25.2 Å². The van der Waals surface area contributed by atoms with Crippen molar-refractivity contribution in [3.05, 3.63) is 18.2 Å². The van der Waals surface area contributed by atoms with Gasteiger partial charge in [0.05, 0.1) is 6.61 Å². The highest BCUT2D eigenvalue weighted by Gasteiger charge is 2.29. The first-order valence-electron chi connectivity index (χ1n) is 8.56. The number of piperidine rings is 1. The predicted octanol–water partition coefficient (Wildman–Crippen LogP) is 3.00. The SMILES string of the molecule is CCCC(=O)Nc1ccc(OCC)c(S(=O)(=O)N2CCCCC2)c1. The highest BCUT2D eigenvalue weighted by molar-refractivity contribution is 7.89. The van der Waals surface area contributed by atoms with E-state index in [1.165, 1.54) is 10.4 Å². The van der Waals surface area contributed by atoms with E-state index in [4.69, 9.17) is 4.74 Å². The number of amides is 1. The van der Waals surface area contributed by atoms with E-state index in [2.05, 4.69) is 5.32 Å². The number of sulfonamides is 1. The van der Waals surface area contributed by atoms with Gasteiger partial charge in [0.15, 0.2) is 0 Å². The Bertz CT molecular complexity index is 667. The fourth-order valence-electron chi connectivity index (χ4n) is 2.76. The summed E-state index contributed by atoms with van der Waals surface area (Å²) in [4.78, 5) is 11.9. The molecule has 1 aliphatic heterocycles. The molecule has 0 atom stereocenters. The van der Waals surface area contributed by atoms with E-state index in [9.17, 15) is 13.2 Å². The zero-order valence-corrected chi connectivity index (χ0v) is 15.2. The van der Waals surface area contributed by atoms with Crippen LogP contribution < -0.4 is 10.1 Å². The molecule has 0 spiro atoms. The Labute approximate surface area is 144 Å². The summed E-state index contributed by atoms with van der Waals surface area (Å²) in [6, 6.07) is 4.79. The van der Waals surface area contributed by atoms with Crippen molar-refractivity contribution in [3.63, 3.8) is 0 Å². The van der Waals surface area contributed by atoms with Crippen LogP contribution in [-0.2, 0) is 14.8 Å². The zero-order valence-electron chi connectivity index (χ0n) is 14.4. The van der Waals surface area contributed by atoms with Crippen LogP contribution in [0.4, 0.5) is 5.69 Å². The van der Waals surface area contributed by atoms with Crippen molar-refractivity contribution in [3.8, 4) is 5.75 Å². The molecule has 0 saturated carbocycles. The lowest BCUT2D eigenvalue weighted by Gasteiger charge is -2.27. The number of nitrogens with zero attached hydrogens (tertiary/aromatic N) is 1. The molecule has 0 aliphatic carbocycles. The third-order valence-corrected chi connectivity index (χ3v) is 5.86. The van der Waals surface area contributed by atoms with Gasteiger partial charge in [0.25, 0.3) is 0 Å². The number of benzene rings is 1. The van der Waals surface area contributed by atoms with Crippen LogP contribution in [0.3, 0.4) is 0 Å². The molecule has 1 amide bonds. The number of ether oxygens (including phenoxy) is 1. The Morgan fingerprint density at radius 3 is 2.54 bits per heavy atom. The molecule has 1 aromatic rings. The highest BCUT2D eigenvalue weighted by atomic mass is 32.2. The number of carbonyl (C=O) groups is 1. The zero-order chi connectivity index (χ0) is 17.6. The van der Waals surface area contributed by atoms with Crippen molar-refractivity contribution in [1.82, 2.24) is 4.31 Å². The second-order valence-corrected chi connectivity index (χ2v) is 7.76. The van der Waals surface area contributed by atoms with Crippen molar-refractivity contribution < 1.29 is 17.9 Å². The molecule has 6 nitrogen and oxygen atoms in total. The minimum atomic E-state index is -3.63. The van der Waals surface area contributed by atoms with Gasteiger partial charge in [-0.15, -0.1) is 0 Å². The third kappa shape index (κ3) is 4.48. The van der Waals surface area contributed by atoms with Crippen LogP contribution in [0.15, 0.2) is 23.1 Å².